The maximum Gasteiger partial charge on any atom is 0.226 e. The number of fused-ring (bicyclic) bond motifs is 4. The van der Waals surface area contributed by atoms with Gasteiger partial charge in [0.15, 0.2) is 0 Å². The summed E-state index contributed by atoms with van der Waals surface area (Å²) in [4.78, 5) is 15.0. The standard InChI is InChI=1S/C15H23NO2/c17-13-7-11-3-4-12(8-13)16(11)15(18)14-6-9-1-2-10(14)5-9/h9-14,17H,1-8H2. The van der Waals surface area contributed by atoms with Crippen LogP contribution in [-0.4, -0.2) is 34.1 Å². The normalized spacial score (nSPS) is 49.9. The number of carbonyl (C=O) groups excluding carboxylic acids is 1. The summed E-state index contributed by atoms with van der Waals surface area (Å²) < 4.78 is 0. The van der Waals surface area contributed by atoms with Gasteiger partial charge in [-0.1, -0.05) is 6.42 Å². The average Bonchev–Trinajstić information content (AvgIpc) is 3.02. The van der Waals surface area contributed by atoms with Crippen LogP contribution in [0.5, 0.6) is 0 Å². The number of carbonyl (C=O) groups is 1. The van der Waals surface area contributed by atoms with Gasteiger partial charge in [-0.3, -0.25) is 4.79 Å². The first kappa shape index (κ1) is 11.3. The van der Waals surface area contributed by atoms with Crippen molar-refractivity contribution in [3.63, 3.8) is 0 Å². The highest BCUT2D eigenvalue weighted by Gasteiger charge is 2.49. The number of piperidine rings is 1. The predicted molar refractivity (Wildman–Crippen MR) is 67.8 cm³/mol. The van der Waals surface area contributed by atoms with Gasteiger partial charge in [0.05, 0.1) is 6.10 Å². The molecule has 2 saturated heterocycles. The zero-order chi connectivity index (χ0) is 12.3. The SMILES string of the molecule is O=C(C1CC2CCC1C2)N1C2CCC1CC(O)C2. The summed E-state index contributed by atoms with van der Waals surface area (Å²) >= 11 is 0. The summed E-state index contributed by atoms with van der Waals surface area (Å²) in [6.07, 6.45) is 8.83. The van der Waals surface area contributed by atoms with E-state index in [1.54, 1.807) is 0 Å². The molecule has 0 aromatic rings. The number of aliphatic hydroxyl groups excluding tert-OH is 1. The van der Waals surface area contributed by atoms with E-state index in [0.717, 1.165) is 38.0 Å². The highest BCUT2D eigenvalue weighted by Crippen LogP contribution is 2.50. The van der Waals surface area contributed by atoms with E-state index in [9.17, 15) is 9.90 Å². The van der Waals surface area contributed by atoms with Crippen molar-refractivity contribution in [2.24, 2.45) is 17.8 Å². The van der Waals surface area contributed by atoms with Gasteiger partial charge in [-0.2, -0.15) is 0 Å². The molecule has 0 radical (unpaired) electrons. The third kappa shape index (κ3) is 1.56. The lowest BCUT2D eigenvalue weighted by Gasteiger charge is -2.40. The van der Waals surface area contributed by atoms with E-state index >= 15 is 0 Å². The molecule has 2 heterocycles. The molecule has 4 bridgehead atoms. The van der Waals surface area contributed by atoms with Crippen LogP contribution in [-0.2, 0) is 4.79 Å². The van der Waals surface area contributed by atoms with Crippen LogP contribution in [0.3, 0.4) is 0 Å². The molecule has 3 heteroatoms. The number of amides is 1. The third-order valence-corrected chi connectivity index (χ3v) is 6.02. The van der Waals surface area contributed by atoms with Crippen molar-refractivity contribution >= 4 is 5.91 Å². The molecule has 5 unspecified atom stereocenters. The second-order valence-electron chi connectivity index (χ2n) is 7.04. The summed E-state index contributed by atoms with van der Waals surface area (Å²) in [6.45, 7) is 0. The van der Waals surface area contributed by atoms with Gasteiger partial charge in [-0.25, -0.2) is 0 Å². The highest BCUT2D eigenvalue weighted by atomic mass is 16.3. The minimum atomic E-state index is -0.161. The Morgan fingerprint density at radius 2 is 1.67 bits per heavy atom. The van der Waals surface area contributed by atoms with Gasteiger partial charge in [0.1, 0.15) is 0 Å². The third-order valence-electron chi connectivity index (χ3n) is 6.02. The van der Waals surface area contributed by atoms with E-state index in [0.29, 0.717) is 29.8 Å². The summed E-state index contributed by atoms with van der Waals surface area (Å²) in [6, 6.07) is 0.704. The predicted octanol–water partition coefficient (Wildman–Crippen LogP) is 1.94. The Hall–Kier alpha value is -0.570. The Balaban J connectivity index is 1.52. The van der Waals surface area contributed by atoms with Crippen molar-refractivity contribution in [2.45, 2.75) is 69.6 Å². The van der Waals surface area contributed by atoms with Crippen LogP contribution in [0.2, 0.25) is 0 Å². The van der Waals surface area contributed by atoms with E-state index in [-0.39, 0.29) is 6.10 Å². The first-order chi connectivity index (χ1) is 8.72. The lowest BCUT2D eigenvalue weighted by Crippen LogP contribution is -2.50. The zero-order valence-electron chi connectivity index (χ0n) is 10.9. The first-order valence-electron chi connectivity index (χ1n) is 7.72. The van der Waals surface area contributed by atoms with Gasteiger partial charge in [0.2, 0.25) is 5.91 Å². The maximum atomic E-state index is 12.8. The van der Waals surface area contributed by atoms with Crippen molar-refractivity contribution in [2.75, 3.05) is 0 Å². The van der Waals surface area contributed by atoms with Crippen LogP contribution in [0.4, 0.5) is 0 Å². The molecule has 2 aliphatic heterocycles. The molecule has 5 atom stereocenters. The van der Waals surface area contributed by atoms with Crippen molar-refractivity contribution < 1.29 is 9.90 Å². The zero-order valence-corrected chi connectivity index (χ0v) is 10.9. The largest absolute Gasteiger partial charge is 0.393 e. The molecule has 100 valence electrons. The van der Waals surface area contributed by atoms with Gasteiger partial charge in [0, 0.05) is 18.0 Å². The minimum absolute atomic E-state index is 0.161. The molecular weight excluding hydrogens is 226 g/mol. The van der Waals surface area contributed by atoms with Crippen LogP contribution in [0.15, 0.2) is 0 Å². The first-order valence-corrected chi connectivity index (χ1v) is 7.72. The molecule has 4 rings (SSSR count). The molecule has 0 aromatic heterocycles. The molecule has 4 fully saturated rings. The maximum absolute atomic E-state index is 12.8. The summed E-state index contributed by atoms with van der Waals surface area (Å²) in [7, 11) is 0. The second kappa shape index (κ2) is 3.96. The smallest absolute Gasteiger partial charge is 0.226 e. The monoisotopic (exact) mass is 249 g/mol. The lowest BCUT2D eigenvalue weighted by molar-refractivity contribution is -0.143. The van der Waals surface area contributed by atoms with Gasteiger partial charge in [-0.15, -0.1) is 0 Å². The Labute approximate surface area is 109 Å². The van der Waals surface area contributed by atoms with Crippen molar-refractivity contribution in [3.05, 3.63) is 0 Å². The van der Waals surface area contributed by atoms with Crippen LogP contribution in [0, 0.1) is 17.8 Å². The Morgan fingerprint density at radius 1 is 0.944 bits per heavy atom. The van der Waals surface area contributed by atoms with Crippen molar-refractivity contribution in [1.82, 2.24) is 4.90 Å². The van der Waals surface area contributed by atoms with E-state index in [2.05, 4.69) is 4.90 Å². The summed E-state index contributed by atoms with van der Waals surface area (Å²) in [5, 5.41) is 9.82. The van der Waals surface area contributed by atoms with E-state index in [4.69, 9.17) is 0 Å². The summed E-state index contributed by atoms with van der Waals surface area (Å²) in [5.41, 5.74) is 0. The number of hydrogen-bond acceptors (Lipinski definition) is 2. The Bertz CT molecular complexity index is 356. The number of nitrogens with zero attached hydrogens (tertiary/aromatic N) is 1. The molecule has 0 spiro atoms. The Kier molecular flexibility index (Phi) is 2.48. The van der Waals surface area contributed by atoms with Crippen molar-refractivity contribution in [1.29, 1.82) is 0 Å². The van der Waals surface area contributed by atoms with Crippen LogP contribution in [0.25, 0.3) is 0 Å². The van der Waals surface area contributed by atoms with Crippen LogP contribution >= 0.6 is 0 Å². The van der Waals surface area contributed by atoms with E-state index in [1.165, 1.54) is 19.3 Å². The molecule has 1 N–H and O–H groups in total. The molecule has 1 amide bonds. The van der Waals surface area contributed by atoms with Gasteiger partial charge >= 0.3 is 0 Å². The van der Waals surface area contributed by atoms with Gasteiger partial charge in [-0.05, 0) is 56.8 Å². The van der Waals surface area contributed by atoms with Crippen molar-refractivity contribution in [3.8, 4) is 0 Å². The molecule has 0 aromatic carbocycles. The van der Waals surface area contributed by atoms with Gasteiger partial charge < -0.3 is 10.0 Å². The number of rotatable bonds is 1. The lowest BCUT2D eigenvalue weighted by atomic mass is 9.86. The topological polar surface area (TPSA) is 40.5 Å². The fraction of sp³-hybridized carbons (Fsp3) is 0.933. The molecule has 3 nitrogen and oxygen atoms in total. The van der Waals surface area contributed by atoms with Crippen LogP contribution < -0.4 is 0 Å². The van der Waals surface area contributed by atoms with E-state index in [1.807, 2.05) is 0 Å². The Morgan fingerprint density at radius 3 is 2.22 bits per heavy atom. The van der Waals surface area contributed by atoms with Crippen LogP contribution in [0.1, 0.15) is 51.4 Å². The fourth-order valence-electron chi connectivity index (χ4n) is 5.25. The number of aliphatic hydroxyl groups is 1. The molecule has 4 aliphatic rings. The summed E-state index contributed by atoms with van der Waals surface area (Å²) in [5.74, 6) is 2.31. The minimum Gasteiger partial charge on any atom is -0.393 e. The molecule has 18 heavy (non-hydrogen) atoms. The van der Waals surface area contributed by atoms with E-state index < -0.39 is 0 Å². The molecule has 2 aliphatic carbocycles. The quantitative estimate of drug-likeness (QED) is 0.771. The molecular formula is C15H23NO2. The molecule has 2 saturated carbocycles. The number of hydrogen-bond donors (Lipinski definition) is 1. The highest BCUT2D eigenvalue weighted by molar-refractivity contribution is 5.80. The van der Waals surface area contributed by atoms with Gasteiger partial charge in [0.25, 0.3) is 0 Å². The second-order valence-corrected chi connectivity index (χ2v) is 7.04. The average molecular weight is 249 g/mol. The fourth-order valence-corrected chi connectivity index (χ4v) is 5.25.